The Morgan fingerprint density at radius 2 is 1.33 bits per heavy atom. The molecule has 0 N–H and O–H groups in total. The largest absolute Gasteiger partial charge is 0 e. The topological polar surface area (TPSA) is 43.4 Å². The van der Waals surface area contributed by atoms with E-state index >= 15 is 0 Å². The number of ether oxygens (including phenoxy) is 1. The fraction of sp³-hybridized carbons (Fsp3) is 0.500. The van der Waals surface area contributed by atoms with E-state index in [1.165, 1.54) is 13.8 Å². The molecule has 0 fully saturated rings. The summed E-state index contributed by atoms with van der Waals surface area (Å²) in [6.07, 6.45) is 0. The van der Waals surface area contributed by atoms with Gasteiger partial charge in [-0.25, -0.2) is 0 Å². The van der Waals surface area contributed by atoms with Gasteiger partial charge in [-0.3, -0.25) is 9.59 Å². The van der Waals surface area contributed by atoms with E-state index in [4.69, 9.17) is 0 Å². The van der Waals surface area contributed by atoms with E-state index < -0.39 is 11.9 Å². The van der Waals surface area contributed by atoms with Crippen LogP contribution < -0.4 is 0 Å². The van der Waals surface area contributed by atoms with Gasteiger partial charge in [0.05, 0.1) is 0 Å². The molecule has 0 aromatic carbocycles. The summed E-state index contributed by atoms with van der Waals surface area (Å²) in [6, 6.07) is 0. The predicted octanol–water partition coefficient (Wildman–Crippen LogP) is -0.555. The predicted molar refractivity (Wildman–Crippen MR) is 29.6 cm³/mol. The molecule has 0 aromatic rings. The van der Waals surface area contributed by atoms with Crippen LogP contribution in [0, 0.1) is 0 Å². The molecule has 0 heterocycles. The summed E-state index contributed by atoms with van der Waals surface area (Å²) in [5, 5.41) is 0. The zero-order valence-electron chi connectivity index (χ0n) is 4.93. The summed E-state index contributed by atoms with van der Waals surface area (Å²) in [7, 11) is 0. The molecule has 0 rings (SSSR count). The molecule has 3 nitrogen and oxygen atoms in total. The second kappa shape index (κ2) is 8.76. The molecule has 0 saturated carbocycles. The summed E-state index contributed by atoms with van der Waals surface area (Å²) in [4.78, 5) is 19.6. The van der Waals surface area contributed by atoms with Crippen molar-refractivity contribution < 1.29 is 33.8 Å². The minimum atomic E-state index is -0.562. The summed E-state index contributed by atoms with van der Waals surface area (Å²) < 4.78 is 3.97. The molecule has 0 amide bonds. The van der Waals surface area contributed by atoms with Gasteiger partial charge in [0, 0.05) is 33.3 Å². The molecule has 0 saturated heterocycles. The number of carbonyl (C=O) groups is 2. The zero-order chi connectivity index (χ0) is 5.86. The molecule has 5 heteroatoms. The van der Waals surface area contributed by atoms with E-state index in [2.05, 4.69) is 4.74 Å². The van der Waals surface area contributed by atoms with Crippen LogP contribution in [-0.2, 0) is 33.8 Å². The fourth-order valence-electron chi connectivity index (χ4n) is 0.202. The first-order valence-electron chi connectivity index (χ1n) is 1.82. The van der Waals surface area contributed by atoms with E-state index in [-0.39, 0.29) is 49.0 Å². The van der Waals surface area contributed by atoms with Gasteiger partial charge in [-0.05, 0) is 0 Å². The van der Waals surface area contributed by atoms with Crippen molar-refractivity contribution in [3.8, 4) is 0 Å². The molecule has 0 radical (unpaired) electrons. The molecule has 0 bridgehead atoms. The van der Waals surface area contributed by atoms with Crippen molar-refractivity contribution in [3.63, 3.8) is 0 Å². The molecule has 0 unspecified atom stereocenters. The third-order valence-corrected chi connectivity index (χ3v) is 0.287. The van der Waals surface area contributed by atoms with Gasteiger partial charge in [0.2, 0.25) is 0 Å². The van der Waals surface area contributed by atoms with Crippen LogP contribution in [0.25, 0.3) is 0 Å². The molecule has 0 aliphatic rings. The maximum absolute atomic E-state index is 9.81. The zero-order valence-corrected chi connectivity index (χ0v) is 7.90. The molecule has 0 aromatic heterocycles. The standard InChI is InChI=1S/C4H6O3.Na.Zn.H/c1-3(5)7-4(2)6;;;/h1-2H3;;;. The molecule has 0 aliphatic carbocycles. The van der Waals surface area contributed by atoms with Crippen molar-refractivity contribution in [3.05, 3.63) is 0 Å². The third-order valence-electron chi connectivity index (χ3n) is 0.287. The minimum Gasteiger partial charge on any atom is 0 e. The number of esters is 2. The molecular formula is C4H7NaO3Zn. The van der Waals surface area contributed by atoms with E-state index in [9.17, 15) is 9.59 Å². The van der Waals surface area contributed by atoms with Gasteiger partial charge in [0.25, 0.3) is 0 Å². The Morgan fingerprint density at radius 1 is 1.11 bits per heavy atom. The van der Waals surface area contributed by atoms with E-state index in [1.54, 1.807) is 0 Å². The van der Waals surface area contributed by atoms with Gasteiger partial charge in [-0.1, -0.05) is 0 Å². The van der Waals surface area contributed by atoms with Crippen LogP contribution in [0.3, 0.4) is 0 Å². The van der Waals surface area contributed by atoms with Gasteiger partial charge in [0.1, 0.15) is 0 Å². The Kier molecular flexibility index (Phi) is 16.0. The maximum atomic E-state index is 9.81. The maximum Gasteiger partial charge on any atom is 0 e. The van der Waals surface area contributed by atoms with Crippen molar-refractivity contribution >= 4 is 41.5 Å². The van der Waals surface area contributed by atoms with E-state index in [0.717, 1.165) is 0 Å². The van der Waals surface area contributed by atoms with E-state index in [1.807, 2.05) is 0 Å². The van der Waals surface area contributed by atoms with Crippen molar-refractivity contribution in [2.24, 2.45) is 0 Å². The average Bonchev–Trinajstić information content (AvgIpc) is 1.27. The van der Waals surface area contributed by atoms with Gasteiger partial charge < -0.3 is 4.74 Å². The molecule has 9 heavy (non-hydrogen) atoms. The van der Waals surface area contributed by atoms with E-state index in [0.29, 0.717) is 0 Å². The Morgan fingerprint density at radius 3 is 1.33 bits per heavy atom. The van der Waals surface area contributed by atoms with Crippen LogP contribution in [0.4, 0.5) is 0 Å². The first kappa shape index (κ1) is 16.4. The first-order chi connectivity index (χ1) is 3.13. The minimum absolute atomic E-state index is 0. The second-order valence-corrected chi connectivity index (χ2v) is 1.09. The van der Waals surface area contributed by atoms with Crippen molar-refractivity contribution in [2.45, 2.75) is 13.8 Å². The van der Waals surface area contributed by atoms with Crippen LogP contribution in [0.5, 0.6) is 0 Å². The Balaban J connectivity index is -0.000000180. The Hall–Kier alpha value is 0.763. The fourth-order valence-corrected chi connectivity index (χ4v) is 0.202. The van der Waals surface area contributed by atoms with Crippen LogP contribution in [-0.4, -0.2) is 41.5 Å². The number of hydrogen-bond acceptors (Lipinski definition) is 3. The summed E-state index contributed by atoms with van der Waals surface area (Å²) in [5.74, 6) is -1.12. The number of hydrogen-bond donors (Lipinski definition) is 0. The van der Waals surface area contributed by atoms with Gasteiger partial charge in [-0.2, -0.15) is 0 Å². The second-order valence-electron chi connectivity index (χ2n) is 1.09. The molecular weight excluding hydrogens is 184 g/mol. The molecule has 0 atom stereocenters. The summed E-state index contributed by atoms with van der Waals surface area (Å²) in [5.41, 5.74) is 0. The quantitative estimate of drug-likeness (QED) is 0.293. The van der Waals surface area contributed by atoms with Crippen molar-refractivity contribution in [2.75, 3.05) is 0 Å². The molecule has 0 spiro atoms. The van der Waals surface area contributed by atoms with Crippen LogP contribution >= 0.6 is 0 Å². The Labute approximate surface area is 88.6 Å². The number of carbonyl (C=O) groups excluding carboxylic acids is 2. The molecule has 0 aliphatic heterocycles. The van der Waals surface area contributed by atoms with Gasteiger partial charge in [-0.15, -0.1) is 0 Å². The van der Waals surface area contributed by atoms with Gasteiger partial charge in [0.15, 0.2) is 0 Å². The smallest absolute Gasteiger partial charge is 0 e. The Bertz CT molecular complexity index is 92.0. The van der Waals surface area contributed by atoms with Crippen LogP contribution in [0.1, 0.15) is 13.8 Å². The van der Waals surface area contributed by atoms with Crippen LogP contribution in [0.2, 0.25) is 0 Å². The summed E-state index contributed by atoms with van der Waals surface area (Å²) in [6.45, 7) is 2.36. The molecule has 44 valence electrons. The van der Waals surface area contributed by atoms with Gasteiger partial charge >= 0.3 is 41.5 Å². The van der Waals surface area contributed by atoms with Crippen molar-refractivity contribution in [1.29, 1.82) is 0 Å². The normalized spacial score (nSPS) is 6.00. The monoisotopic (exact) mass is 190 g/mol. The van der Waals surface area contributed by atoms with Crippen molar-refractivity contribution in [1.82, 2.24) is 0 Å². The summed E-state index contributed by atoms with van der Waals surface area (Å²) >= 11 is 0. The van der Waals surface area contributed by atoms with Crippen LogP contribution in [0.15, 0.2) is 0 Å². The first-order valence-corrected chi connectivity index (χ1v) is 1.82. The number of rotatable bonds is 0. The SMILES string of the molecule is CC(=O)OC(C)=O.[NaH].[Zn]. The third kappa shape index (κ3) is 17.7. The average molecular weight is 191 g/mol.